The van der Waals surface area contributed by atoms with Gasteiger partial charge in [0.15, 0.2) is 0 Å². The number of rotatable bonds is 5. The quantitative estimate of drug-likeness (QED) is 0.580. The first-order valence-electron chi connectivity index (χ1n) is 6.07. The summed E-state index contributed by atoms with van der Waals surface area (Å²) >= 11 is 0. The molecule has 0 saturated heterocycles. The largest absolute Gasteiger partial charge is 0.337 e. The van der Waals surface area contributed by atoms with E-state index in [0.717, 1.165) is 6.17 Å². The van der Waals surface area contributed by atoms with E-state index in [2.05, 4.69) is 51.2 Å². The molecule has 4 heteroatoms. The Kier molecular flexibility index (Phi) is 10.1. The van der Waals surface area contributed by atoms with Crippen molar-refractivity contribution in [2.24, 2.45) is 5.73 Å². The molecule has 0 bridgehead atoms. The van der Waals surface area contributed by atoms with E-state index in [9.17, 15) is 0 Å². The number of unbranched alkanes of at least 4 members (excludes halogenated alkanes) is 1. The number of nitrogens with two attached hydrogens (primary N) is 1. The summed E-state index contributed by atoms with van der Waals surface area (Å²) in [6, 6.07) is 0. The van der Waals surface area contributed by atoms with Gasteiger partial charge in [0.2, 0.25) is 0 Å². The first-order valence-corrected chi connectivity index (χ1v) is 13.3. The molecule has 0 aromatic heterocycles. The lowest BCUT2D eigenvalue weighted by Gasteiger charge is -2.17. The van der Waals surface area contributed by atoms with Crippen LogP contribution in [0.25, 0.3) is 0 Å². The van der Waals surface area contributed by atoms with Crippen LogP contribution >= 0.6 is 0 Å². The number of hydrogen-bond acceptors (Lipinski definition) is 2. The molecule has 94 valence electrons. The van der Waals surface area contributed by atoms with Crippen molar-refractivity contribution in [2.75, 3.05) is 12.7 Å². The van der Waals surface area contributed by atoms with Gasteiger partial charge in [-0.3, -0.25) is 0 Å². The lowest BCUT2D eigenvalue weighted by molar-refractivity contribution is 0.755. The van der Waals surface area contributed by atoms with E-state index in [1.165, 1.54) is 19.4 Å². The molecule has 0 aromatic rings. The molecule has 0 aromatic carbocycles. The van der Waals surface area contributed by atoms with Gasteiger partial charge in [-0.05, 0) is 19.1 Å². The van der Waals surface area contributed by atoms with Crippen LogP contribution in [0.3, 0.4) is 0 Å². The Morgan fingerprint density at radius 2 is 1.40 bits per heavy atom. The Morgan fingerprint density at radius 3 is 1.60 bits per heavy atom. The van der Waals surface area contributed by atoms with E-state index in [1.54, 1.807) is 0 Å². The SMILES string of the molecule is CCCCN[Si](C)(C)C.C[Si](C)(C)CN. The molecule has 0 amide bonds. The molecule has 0 spiro atoms. The molecular formula is C11H32N2Si2. The van der Waals surface area contributed by atoms with Gasteiger partial charge in [-0.25, -0.2) is 0 Å². The Balaban J connectivity index is 0. The molecule has 0 atom stereocenters. The second-order valence-corrected chi connectivity index (χ2v) is 16.7. The fourth-order valence-corrected chi connectivity index (χ4v) is 1.57. The van der Waals surface area contributed by atoms with Gasteiger partial charge in [0.1, 0.15) is 8.24 Å². The third-order valence-electron chi connectivity index (χ3n) is 1.80. The number of hydrogen-bond donors (Lipinski definition) is 2. The first kappa shape index (κ1) is 17.7. The zero-order valence-electron chi connectivity index (χ0n) is 11.9. The highest BCUT2D eigenvalue weighted by molar-refractivity contribution is 6.76. The van der Waals surface area contributed by atoms with Crippen LogP contribution in [0.15, 0.2) is 0 Å². The highest BCUT2D eigenvalue weighted by Crippen LogP contribution is 1.94. The molecule has 0 saturated carbocycles. The van der Waals surface area contributed by atoms with Gasteiger partial charge in [-0.2, -0.15) is 0 Å². The van der Waals surface area contributed by atoms with Crippen molar-refractivity contribution in [3.8, 4) is 0 Å². The van der Waals surface area contributed by atoms with Gasteiger partial charge >= 0.3 is 0 Å². The van der Waals surface area contributed by atoms with Gasteiger partial charge in [0, 0.05) is 0 Å². The third-order valence-corrected chi connectivity index (χ3v) is 4.33. The molecule has 2 nitrogen and oxygen atoms in total. The molecule has 0 rings (SSSR count). The van der Waals surface area contributed by atoms with E-state index in [4.69, 9.17) is 5.73 Å². The molecule has 3 N–H and O–H groups in total. The topological polar surface area (TPSA) is 38.0 Å². The summed E-state index contributed by atoms with van der Waals surface area (Å²) in [7, 11) is -1.80. The van der Waals surface area contributed by atoms with E-state index in [-0.39, 0.29) is 0 Å². The smallest absolute Gasteiger partial charge is 0.116 e. The Morgan fingerprint density at radius 1 is 1.00 bits per heavy atom. The van der Waals surface area contributed by atoms with E-state index < -0.39 is 16.3 Å². The van der Waals surface area contributed by atoms with E-state index >= 15 is 0 Å². The first-order chi connectivity index (χ1) is 6.62. The lowest BCUT2D eigenvalue weighted by atomic mass is 10.3. The van der Waals surface area contributed by atoms with Crippen molar-refractivity contribution in [3.63, 3.8) is 0 Å². The summed E-state index contributed by atoms with van der Waals surface area (Å²) in [6.07, 6.45) is 3.54. The zero-order chi connectivity index (χ0) is 12.5. The summed E-state index contributed by atoms with van der Waals surface area (Å²) in [4.78, 5) is 3.56. The van der Waals surface area contributed by atoms with Crippen molar-refractivity contribution in [3.05, 3.63) is 0 Å². The second-order valence-electron chi connectivity index (χ2n) is 6.30. The molecule has 0 aliphatic rings. The standard InChI is InChI=1S/C7H19NSi.C4H13NSi/c1-5-6-7-8-9(2,3)4;1-6(2,3)4-5/h8H,5-7H2,1-4H3;4-5H2,1-3H3. The highest BCUT2D eigenvalue weighted by atomic mass is 28.3. The minimum absolute atomic E-state index is 0.853. The Bertz CT molecular complexity index is 137. The maximum absolute atomic E-state index is 5.37. The monoisotopic (exact) mass is 248 g/mol. The summed E-state index contributed by atoms with van der Waals surface area (Å²) in [5, 5.41) is 0. The molecule has 0 unspecified atom stereocenters. The van der Waals surface area contributed by atoms with Crippen LogP contribution in [0.5, 0.6) is 0 Å². The van der Waals surface area contributed by atoms with E-state index in [1.807, 2.05) is 0 Å². The summed E-state index contributed by atoms with van der Waals surface area (Å²) in [6.45, 7) is 17.2. The maximum Gasteiger partial charge on any atom is 0.116 e. The summed E-state index contributed by atoms with van der Waals surface area (Å²) in [5.41, 5.74) is 5.37. The van der Waals surface area contributed by atoms with Crippen LogP contribution in [-0.4, -0.2) is 29.0 Å². The van der Waals surface area contributed by atoms with Gasteiger partial charge in [-0.15, -0.1) is 0 Å². The normalized spacial score (nSPS) is 12.0. The van der Waals surface area contributed by atoms with Gasteiger partial charge in [-0.1, -0.05) is 52.6 Å². The van der Waals surface area contributed by atoms with Gasteiger partial charge in [0.25, 0.3) is 0 Å². The Hall–Kier alpha value is 0.354. The average molecular weight is 249 g/mol. The van der Waals surface area contributed by atoms with Gasteiger partial charge in [0.05, 0.1) is 8.07 Å². The van der Waals surface area contributed by atoms with Crippen molar-refractivity contribution in [1.29, 1.82) is 0 Å². The fraction of sp³-hybridized carbons (Fsp3) is 1.00. The third kappa shape index (κ3) is 25.0. The molecule has 0 radical (unpaired) electrons. The van der Waals surface area contributed by atoms with Crippen LogP contribution in [0, 0.1) is 0 Å². The summed E-state index contributed by atoms with van der Waals surface area (Å²) < 4.78 is 0. The molecule has 15 heavy (non-hydrogen) atoms. The predicted octanol–water partition coefficient (Wildman–Crippen LogP) is 3.03. The molecule has 0 aliphatic carbocycles. The van der Waals surface area contributed by atoms with Crippen molar-refractivity contribution in [1.82, 2.24) is 4.98 Å². The lowest BCUT2D eigenvalue weighted by Crippen LogP contribution is -2.41. The van der Waals surface area contributed by atoms with Crippen LogP contribution in [-0.2, 0) is 0 Å². The average Bonchev–Trinajstić information content (AvgIpc) is 2.02. The molecular weight excluding hydrogens is 216 g/mol. The summed E-state index contributed by atoms with van der Waals surface area (Å²) in [5.74, 6) is 0. The Labute approximate surface area is 99.1 Å². The highest BCUT2D eigenvalue weighted by Gasteiger charge is 2.09. The van der Waals surface area contributed by atoms with Gasteiger partial charge < -0.3 is 10.7 Å². The van der Waals surface area contributed by atoms with Crippen molar-refractivity contribution >= 4 is 16.3 Å². The van der Waals surface area contributed by atoms with Crippen LogP contribution < -0.4 is 10.7 Å². The molecule has 0 fully saturated rings. The predicted molar refractivity (Wildman–Crippen MR) is 78.7 cm³/mol. The van der Waals surface area contributed by atoms with Crippen LogP contribution in [0.1, 0.15) is 19.8 Å². The fourth-order valence-electron chi connectivity index (χ4n) is 0.640. The minimum Gasteiger partial charge on any atom is -0.337 e. The molecule has 0 aliphatic heterocycles. The maximum atomic E-state index is 5.37. The van der Waals surface area contributed by atoms with Crippen LogP contribution in [0.2, 0.25) is 39.3 Å². The number of nitrogens with one attached hydrogen (secondary N) is 1. The minimum atomic E-state index is -0.944. The zero-order valence-corrected chi connectivity index (χ0v) is 13.9. The van der Waals surface area contributed by atoms with Crippen molar-refractivity contribution in [2.45, 2.75) is 59.0 Å². The second kappa shape index (κ2) is 8.50. The van der Waals surface area contributed by atoms with Crippen LogP contribution in [0.4, 0.5) is 0 Å². The molecule has 0 heterocycles. The van der Waals surface area contributed by atoms with E-state index in [0.29, 0.717) is 0 Å². The van der Waals surface area contributed by atoms with Crippen molar-refractivity contribution < 1.29 is 0 Å².